The van der Waals surface area contributed by atoms with Crippen molar-refractivity contribution in [2.24, 2.45) is 0 Å². The molecule has 1 amide bonds. The number of hydrogen-bond donors (Lipinski definition) is 2. The van der Waals surface area contributed by atoms with E-state index in [2.05, 4.69) is 5.32 Å². The van der Waals surface area contributed by atoms with E-state index in [1.54, 1.807) is 6.07 Å². The van der Waals surface area contributed by atoms with Gasteiger partial charge >= 0.3 is 0 Å². The number of rotatable bonds is 2. The average molecular weight is 262 g/mol. The van der Waals surface area contributed by atoms with Crippen molar-refractivity contribution in [3.8, 4) is 11.1 Å². The molecule has 19 heavy (non-hydrogen) atoms. The molecule has 98 valence electrons. The number of nitrogens with two attached hydrogens (primary N) is 1. The van der Waals surface area contributed by atoms with Crippen LogP contribution in [-0.4, -0.2) is 5.91 Å². The highest BCUT2D eigenvalue weighted by Gasteiger charge is 2.09. The Kier molecular flexibility index (Phi) is 3.46. The molecule has 0 bridgehead atoms. The van der Waals surface area contributed by atoms with Gasteiger partial charge in [0, 0.05) is 23.9 Å². The number of carbonyl (C=O) groups is 1. The number of amides is 1. The van der Waals surface area contributed by atoms with Gasteiger partial charge < -0.3 is 11.1 Å². The number of nitrogen functional groups attached to an aromatic ring is 1. The van der Waals surface area contributed by atoms with Gasteiger partial charge in [0.1, 0.15) is 11.6 Å². The number of carbonyl (C=O) groups excluding carboxylic acids is 1. The Morgan fingerprint density at radius 3 is 2.58 bits per heavy atom. The minimum atomic E-state index is -0.555. The first kappa shape index (κ1) is 13.0. The third-order valence-corrected chi connectivity index (χ3v) is 2.52. The van der Waals surface area contributed by atoms with E-state index in [0.29, 0.717) is 16.9 Å². The van der Waals surface area contributed by atoms with Crippen molar-refractivity contribution >= 4 is 17.3 Å². The van der Waals surface area contributed by atoms with E-state index in [4.69, 9.17) is 5.73 Å². The third-order valence-electron chi connectivity index (χ3n) is 2.52. The Hall–Kier alpha value is -2.43. The molecular formula is C14H12F2N2O. The van der Waals surface area contributed by atoms with E-state index < -0.39 is 11.6 Å². The van der Waals surface area contributed by atoms with E-state index in [-0.39, 0.29) is 11.5 Å². The predicted octanol–water partition coefficient (Wildman–Crippen LogP) is 3.17. The highest BCUT2D eigenvalue weighted by atomic mass is 19.1. The Morgan fingerprint density at radius 2 is 1.89 bits per heavy atom. The van der Waals surface area contributed by atoms with Crippen molar-refractivity contribution < 1.29 is 13.6 Å². The number of hydrogen-bond acceptors (Lipinski definition) is 2. The Morgan fingerprint density at radius 1 is 1.16 bits per heavy atom. The van der Waals surface area contributed by atoms with Crippen LogP contribution in [0.25, 0.3) is 11.1 Å². The van der Waals surface area contributed by atoms with Crippen molar-refractivity contribution in [3.63, 3.8) is 0 Å². The summed E-state index contributed by atoms with van der Waals surface area (Å²) < 4.78 is 26.9. The molecule has 0 aliphatic rings. The summed E-state index contributed by atoms with van der Waals surface area (Å²) in [6.07, 6.45) is 0. The fraction of sp³-hybridized carbons (Fsp3) is 0.0714. The molecule has 0 fully saturated rings. The van der Waals surface area contributed by atoms with Crippen LogP contribution in [0, 0.1) is 11.6 Å². The summed E-state index contributed by atoms with van der Waals surface area (Å²) >= 11 is 0. The molecule has 2 aromatic carbocycles. The second-order valence-electron chi connectivity index (χ2n) is 4.15. The van der Waals surface area contributed by atoms with E-state index in [0.717, 1.165) is 18.2 Å². The molecule has 5 heteroatoms. The van der Waals surface area contributed by atoms with Gasteiger partial charge in [-0.1, -0.05) is 0 Å². The van der Waals surface area contributed by atoms with Crippen LogP contribution in [0.2, 0.25) is 0 Å². The molecule has 0 radical (unpaired) electrons. The molecule has 2 rings (SSSR count). The minimum absolute atomic E-state index is 0.0962. The van der Waals surface area contributed by atoms with Gasteiger partial charge in [-0.05, 0) is 42.0 Å². The summed E-state index contributed by atoms with van der Waals surface area (Å²) in [6.45, 7) is 1.35. The zero-order chi connectivity index (χ0) is 14.0. The Bertz CT molecular complexity index is 641. The molecule has 0 aliphatic heterocycles. The van der Waals surface area contributed by atoms with Crippen LogP contribution in [0.15, 0.2) is 36.4 Å². The summed E-state index contributed by atoms with van der Waals surface area (Å²) in [5.41, 5.74) is 6.98. The van der Waals surface area contributed by atoms with E-state index in [9.17, 15) is 13.6 Å². The topological polar surface area (TPSA) is 55.1 Å². The molecule has 0 saturated heterocycles. The molecule has 3 N–H and O–H groups in total. The Balaban J connectivity index is 2.52. The molecular weight excluding hydrogens is 250 g/mol. The van der Waals surface area contributed by atoms with Crippen molar-refractivity contribution in [2.75, 3.05) is 11.1 Å². The lowest BCUT2D eigenvalue weighted by Gasteiger charge is -2.09. The SMILES string of the molecule is CC(=O)Nc1cc(N)cc(-c2cc(F)ccc2F)c1. The summed E-state index contributed by atoms with van der Waals surface area (Å²) in [5, 5.41) is 2.55. The van der Waals surface area contributed by atoms with Crippen LogP contribution in [0.3, 0.4) is 0 Å². The van der Waals surface area contributed by atoms with Crippen LogP contribution < -0.4 is 11.1 Å². The van der Waals surface area contributed by atoms with E-state index in [1.165, 1.54) is 19.1 Å². The first-order chi connectivity index (χ1) is 8.95. The monoisotopic (exact) mass is 262 g/mol. The molecule has 0 saturated carbocycles. The molecule has 0 heterocycles. The van der Waals surface area contributed by atoms with Crippen LogP contribution in [0.1, 0.15) is 6.92 Å². The number of halogens is 2. The standard InChI is InChI=1S/C14H12F2N2O/c1-8(19)18-12-5-9(4-11(17)7-12)13-6-10(15)2-3-14(13)16/h2-7H,17H2,1H3,(H,18,19). The first-order valence-electron chi connectivity index (χ1n) is 5.59. The van der Waals surface area contributed by atoms with Crippen molar-refractivity contribution in [1.82, 2.24) is 0 Å². The van der Waals surface area contributed by atoms with E-state index in [1.807, 2.05) is 0 Å². The average Bonchev–Trinajstić information content (AvgIpc) is 2.30. The lowest BCUT2D eigenvalue weighted by atomic mass is 10.0. The van der Waals surface area contributed by atoms with Crippen molar-refractivity contribution in [1.29, 1.82) is 0 Å². The maximum atomic E-state index is 13.7. The summed E-state index contributed by atoms with van der Waals surface area (Å²) in [7, 11) is 0. The molecule has 0 unspecified atom stereocenters. The Labute approximate surface area is 109 Å². The smallest absolute Gasteiger partial charge is 0.221 e. The van der Waals surface area contributed by atoms with Crippen LogP contribution in [0.4, 0.5) is 20.2 Å². The van der Waals surface area contributed by atoms with Gasteiger partial charge in [-0.25, -0.2) is 8.78 Å². The largest absolute Gasteiger partial charge is 0.399 e. The summed E-state index contributed by atoms with van der Waals surface area (Å²) in [6, 6.07) is 7.77. The molecule has 0 aromatic heterocycles. The normalized spacial score (nSPS) is 10.3. The number of benzene rings is 2. The highest BCUT2D eigenvalue weighted by Crippen LogP contribution is 2.28. The van der Waals surface area contributed by atoms with Gasteiger partial charge in [-0.3, -0.25) is 4.79 Å². The first-order valence-corrected chi connectivity index (χ1v) is 5.59. The second-order valence-corrected chi connectivity index (χ2v) is 4.15. The zero-order valence-electron chi connectivity index (χ0n) is 10.2. The summed E-state index contributed by atoms with van der Waals surface area (Å²) in [4.78, 5) is 11.0. The van der Waals surface area contributed by atoms with Crippen LogP contribution in [0.5, 0.6) is 0 Å². The maximum Gasteiger partial charge on any atom is 0.221 e. The van der Waals surface area contributed by atoms with Crippen LogP contribution in [-0.2, 0) is 4.79 Å². The third kappa shape index (κ3) is 3.07. The fourth-order valence-electron chi connectivity index (χ4n) is 1.80. The van der Waals surface area contributed by atoms with Crippen molar-refractivity contribution in [3.05, 3.63) is 48.0 Å². The van der Waals surface area contributed by atoms with Gasteiger partial charge in [0.25, 0.3) is 0 Å². The van der Waals surface area contributed by atoms with Gasteiger partial charge in [0.15, 0.2) is 0 Å². The van der Waals surface area contributed by atoms with Gasteiger partial charge in [-0.2, -0.15) is 0 Å². The molecule has 0 atom stereocenters. The quantitative estimate of drug-likeness (QED) is 0.817. The highest BCUT2D eigenvalue weighted by molar-refractivity contribution is 5.90. The molecule has 0 aliphatic carbocycles. The molecule has 2 aromatic rings. The predicted molar refractivity (Wildman–Crippen MR) is 70.5 cm³/mol. The fourth-order valence-corrected chi connectivity index (χ4v) is 1.80. The molecule has 0 spiro atoms. The lowest BCUT2D eigenvalue weighted by molar-refractivity contribution is -0.114. The zero-order valence-corrected chi connectivity index (χ0v) is 10.2. The van der Waals surface area contributed by atoms with Crippen LogP contribution >= 0.6 is 0 Å². The molecule has 3 nitrogen and oxygen atoms in total. The maximum absolute atomic E-state index is 13.7. The van der Waals surface area contributed by atoms with Gasteiger partial charge in [0.2, 0.25) is 5.91 Å². The van der Waals surface area contributed by atoms with E-state index >= 15 is 0 Å². The number of nitrogens with one attached hydrogen (secondary N) is 1. The lowest BCUT2D eigenvalue weighted by Crippen LogP contribution is -2.06. The second kappa shape index (κ2) is 5.06. The van der Waals surface area contributed by atoms with Gasteiger partial charge in [-0.15, -0.1) is 0 Å². The van der Waals surface area contributed by atoms with Gasteiger partial charge in [0.05, 0.1) is 0 Å². The number of anilines is 2. The summed E-state index contributed by atoms with van der Waals surface area (Å²) in [5.74, 6) is -1.36. The minimum Gasteiger partial charge on any atom is -0.399 e. The van der Waals surface area contributed by atoms with Crippen molar-refractivity contribution in [2.45, 2.75) is 6.92 Å².